The van der Waals surface area contributed by atoms with E-state index >= 15 is 0 Å². The molecule has 0 aromatic heterocycles. The minimum atomic E-state index is -0.150. The first-order chi connectivity index (χ1) is 9.08. The number of nitrogens with zero attached hydrogens (tertiary/aromatic N) is 1. The molecule has 1 saturated carbocycles. The van der Waals surface area contributed by atoms with Gasteiger partial charge in [0, 0.05) is 32.1 Å². The molecule has 1 aliphatic heterocycles. The Bertz CT molecular complexity index is 342. The summed E-state index contributed by atoms with van der Waals surface area (Å²) in [5, 5.41) is 3.57. The smallest absolute Gasteiger partial charge is 0.306 e. The van der Waals surface area contributed by atoms with Crippen LogP contribution in [-0.4, -0.2) is 48.6 Å². The number of likely N-dealkylation sites (tertiary alicyclic amines) is 1. The lowest BCUT2D eigenvalue weighted by atomic mass is 9.91. The van der Waals surface area contributed by atoms with Crippen molar-refractivity contribution >= 4 is 11.9 Å². The van der Waals surface area contributed by atoms with E-state index in [0.29, 0.717) is 31.7 Å². The molecule has 2 fully saturated rings. The summed E-state index contributed by atoms with van der Waals surface area (Å²) in [5.41, 5.74) is 0. The predicted octanol–water partition coefficient (Wildman–Crippen LogP) is 0.929. The van der Waals surface area contributed by atoms with Crippen LogP contribution in [0, 0.1) is 5.92 Å². The average molecular weight is 268 g/mol. The summed E-state index contributed by atoms with van der Waals surface area (Å²) in [5.74, 6) is 0.159. The second kappa shape index (κ2) is 6.37. The summed E-state index contributed by atoms with van der Waals surface area (Å²) in [7, 11) is 0. The highest BCUT2D eigenvalue weighted by molar-refractivity contribution is 5.74. The van der Waals surface area contributed by atoms with E-state index < -0.39 is 0 Å². The van der Waals surface area contributed by atoms with Crippen molar-refractivity contribution in [3.63, 3.8) is 0 Å². The lowest BCUT2D eigenvalue weighted by Crippen LogP contribution is -2.51. The van der Waals surface area contributed by atoms with Crippen LogP contribution in [0.15, 0.2) is 0 Å². The maximum atomic E-state index is 11.6. The van der Waals surface area contributed by atoms with E-state index in [2.05, 4.69) is 5.32 Å². The second-order valence-corrected chi connectivity index (χ2v) is 5.67. The maximum Gasteiger partial charge on any atom is 0.306 e. The first kappa shape index (κ1) is 14.3. The molecule has 2 atom stereocenters. The summed E-state index contributed by atoms with van der Waals surface area (Å²) < 4.78 is 5.01. The highest BCUT2D eigenvalue weighted by atomic mass is 16.5. The van der Waals surface area contributed by atoms with Crippen LogP contribution in [0.4, 0.5) is 0 Å². The largest absolute Gasteiger partial charge is 0.466 e. The first-order valence-electron chi connectivity index (χ1n) is 7.25. The van der Waals surface area contributed by atoms with Gasteiger partial charge in [-0.2, -0.15) is 0 Å². The number of ether oxygens (including phenoxy) is 1. The molecule has 0 spiro atoms. The Kier molecular flexibility index (Phi) is 4.80. The Morgan fingerprint density at radius 3 is 2.58 bits per heavy atom. The van der Waals surface area contributed by atoms with E-state index in [1.165, 1.54) is 12.8 Å². The van der Waals surface area contributed by atoms with Gasteiger partial charge in [0.15, 0.2) is 0 Å². The molecule has 0 aromatic carbocycles. The van der Waals surface area contributed by atoms with Crippen LogP contribution >= 0.6 is 0 Å². The molecular weight excluding hydrogens is 244 g/mol. The van der Waals surface area contributed by atoms with Gasteiger partial charge in [-0.25, -0.2) is 0 Å². The lowest BCUT2D eigenvalue weighted by molar-refractivity contribution is -0.145. The standard InChI is InChI=1S/C14H24N2O3/c1-3-19-14(18)7-11-6-13(15-12-4-5-12)9-16(8-11)10(2)17/h11-13,15H,3-9H2,1-2H3. The van der Waals surface area contributed by atoms with Crippen LogP contribution < -0.4 is 5.32 Å². The van der Waals surface area contributed by atoms with E-state index in [1.54, 1.807) is 6.92 Å². The van der Waals surface area contributed by atoms with Gasteiger partial charge in [-0.15, -0.1) is 0 Å². The molecule has 1 heterocycles. The summed E-state index contributed by atoms with van der Waals surface area (Å²) in [6, 6.07) is 0.949. The summed E-state index contributed by atoms with van der Waals surface area (Å²) in [6.07, 6.45) is 3.85. The summed E-state index contributed by atoms with van der Waals surface area (Å²) in [6.45, 7) is 5.28. The van der Waals surface area contributed by atoms with Crippen molar-refractivity contribution in [2.24, 2.45) is 5.92 Å². The van der Waals surface area contributed by atoms with Gasteiger partial charge in [-0.3, -0.25) is 9.59 Å². The molecule has 5 heteroatoms. The Morgan fingerprint density at radius 1 is 1.26 bits per heavy atom. The second-order valence-electron chi connectivity index (χ2n) is 5.67. The number of esters is 1. The fraction of sp³-hybridized carbons (Fsp3) is 0.857. The number of piperidine rings is 1. The Hall–Kier alpha value is -1.10. The molecule has 0 aromatic rings. The van der Waals surface area contributed by atoms with Crippen molar-refractivity contribution in [3.8, 4) is 0 Å². The predicted molar refractivity (Wildman–Crippen MR) is 71.6 cm³/mol. The van der Waals surface area contributed by atoms with Gasteiger partial charge in [0.2, 0.25) is 5.91 Å². The fourth-order valence-electron chi connectivity index (χ4n) is 2.77. The Morgan fingerprint density at radius 2 is 2.00 bits per heavy atom. The minimum Gasteiger partial charge on any atom is -0.466 e. The highest BCUT2D eigenvalue weighted by Gasteiger charge is 2.33. The zero-order valence-electron chi connectivity index (χ0n) is 11.9. The molecule has 0 radical (unpaired) electrons. The third-order valence-electron chi connectivity index (χ3n) is 3.79. The normalized spacial score (nSPS) is 27.2. The number of rotatable bonds is 5. The lowest BCUT2D eigenvalue weighted by Gasteiger charge is -2.37. The van der Waals surface area contributed by atoms with Gasteiger partial charge in [0.25, 0.3) is 0 Å². The van der Waals surface area contributed by atoms with Gasteiger partial charge in [-0.05, 0) is 32.1 Å². The molecule has 0 bridgehead atoms. The molecule has 1 amide bonds. The van der Waals surface area contributed by atoms with Gasteiger partial charge >= 0.3 is 5.97 Å². The number of amides is 1. The van der Waals surface area contributed by atoms with Gasteiger partial charge in [0.1, 0.15) is 0 Å². The van der Waals surface area contributed by atoms with E-state index in [4.69, 9.17) is 4.74 Å². The average Bonchev–Trinajstić information content (AvgIpc) is 3.12. The van der Waals surface area contributed by atoms with Crippen LogP contribution in [0.1, 0.15) is 39.5 Å². The van der Waals surface area contributed by atoms with Crippen LogP contribution in [0.5, 0.6) is 0 Å². The topological polar surface area (TPSA) is 58.6 Å². The minimum absolute atomic E-state index is 0.0937. The third kappa shape index (κ3) is 4.49. The number of carbonyl (C=O) groups excluding carboxylic acids is 2. The van der Waals surface area contributed by atoms with Crippen molar-refractivity contribution in [2.45, 2.75) is 51.6 Å². The van der Waals surface area contributed by atoms with Crippen molar-refractivity contribution < 1.29 is 14.3 Å². The van der Waals surface area contributed by atoms with Crippen LogP contribution in [0.25, 0.3) is 0 Å². The number of hydrogen-bond acceptors (Lipinski definition) is 4. The van der Waals surface area contributed by atoms with E-state index in [-0.39, 0.29) is 17.8 Å². The van der Waals surface area contributed by atoms with Crippen molar-refractivity contribution in [3.05, 3.63) is 0 Å². The van der Waals surface area contributed by atoms with E-state index in [1.807, 2.05) is 11.8 Å². The quantitative estimate of drug-likeness (QED) is 0.754. The SMILES string of the molecule is CCOC(=O)CC1CC(NC2CC2)CN(C(C)=O)C1. The number of nitrogens with one attached hydrogen (secondary N) is 1. The van der Waals surface area contributed by atoms with Crippen LogP contribution in [-0.2, 0) is 14.3 Å². The Labute approximate surface area is 114 Å². The summed E-state index contributed by atoms with van der Waals surface area (Å²) >= 11 is 0. The molecule has 1 aliphatic carbocycles. The summed E-state index contributed by atoms with van der Waals surface area (Å²) in [4.78, 5) is 25.0. The Balaban J connectivity index is 1.89. The molecule has 5 nitrogen and oxygen atoms in total. The molecule has 108 valence electrons. The van der Waals surface area contributed by atoms with Gasteiger partial charge < -0.3 is 15.0 Å². The molecule has 2 rings (SSSR count). The van der Waals surface area contributed by atoms with E-state index in [0.717, 1.165) is 13.0 Å². The monoisotopic (exact) mass is 268 g/mol. The zero-order valence-corrected chi connectivity index (χ0v) is 11.9. The first-order valence-corrected chi connectivity index (χ1v) is 7.25. The maximum absolute atomic E-state index is 11.6. The van der Waals surface area contributed by atoms with E-state index in [9.17, 15) is 9.59 Å². The zero-order chi connectivity index (χ0) is 13.8. The molecule has 1 saturated heterocycles. The van der Waals surface area contributed by atoms with Crippen molar-refractivity contribution in [1.82, 2.24) is 10.2 Å². The van der Waals surface area contributed by atoms with Gasteiger partial charge in [0.05, 0.1) is 13.0 Å². The molecule has 2 aliphatic rings. The number of hydrogen-bond donors (Lipinski definition) is 1. The van der Waals surface area contributed by atoms with Crippen LogP contribution in [0.3, 0.4) is 0 Å². The third-order valence-corrected chi connectivity index (χ3v) is 3.79. The van der Waals surface area contributed by atoms with Crippen LogP contribution in [0.2, 0.25) is 0 Å². The van der Waals surface area contributed by atoms with Crippen molar-refractivity contribution in [2.75, 3.05) is 19.7 Å². The van der Waals surface area contributed by atoms with Crippen molar-refractivity contribution in [1.29, 1.82) is 0 Å². The number of carbonyl (C=O) groups is 2. The molecular formula is C14H24N2O3. The fourth-order valence-corrected chi connectivity index (χ4v) is 2.77. The molecule has 19 heavy (non-hydrogen) atoms. The molecule has 2 unspecified atom stereocenters. The highest BCUT2D eigenvalue weighted by Crippen LogP contribution is 2.25. The molecule has 1 N–H and O–H groups in total. The van der Waals surface area contributed by atoms with Gasteiger partial charge in [-0.1, -0.05) is 0 Å².